The summed E-state index contributed by atoms with van der Waals surface area (Å²) < 4.78 is 0. The van der Waals surface area contributed by atoms with Crippen molar-refractivity contribution in [1.82, 2.24) is 0 Å². The minimum Gasteiger partial charge on any atom is -0.550 e. The normalized spacial score (nSPS) is 7.30. The largest absolute Gasteiger partial charge is 3.00 e. The third-order valence-corrected chi connectivity index (χ3v) is 0.866. The Morgan fingerprint density at radius 3 is 0.478 bits per heavy atom. The zero-order valence-corrected chi connectivity index (χ0v) is 11.2. The average Bonchev–Trinajstić information content (AvgIpc) is 2.10. The summed E-state index contributed by atoms with van der Waals surface area (Å²) in [6.07, 6.45) is -3.08. The van der Waals surface area contributed by atoms with Crippen LogP contribution in [-0.4, -0.2) is 52.6 Å². The maximum atomic E-state index is 9.28. The van der Waals surface area contributed by atoms with Crippen LogP contribution in [0, 0.1) is 0 Å². The summed E-state index contributed by atoms with van der Waals surface area (Å²) >= 11 is 0. The molecule has 14 heteroatoms. The second-order valence-electron chi connectivity index (χ2n) is 2.76. The SMILES string of the molecule is O=C([O-])CC(=O)[O-].O=C([O-])CC(=O)[O-].O=C([O-])CC(=O)[O-].[B+3].[B+3]. The molecule has 0 N–H and O–H groups in total. The number of hydrogen-bond donors (Lipinski definition) is 0. The van der Waals surface area contributed by atoms with Crippen LogP contribution in [0.3, 0.4) is 0 Å². The Hall–Kier alpha value is -3.05. The molecule has 0 aromatic heterocycles. The Kier molecular flexibility index (Phi) is 26.4. The first-order chi connectivity index (χ1) is 9.38. The molecule has 0 unspecified atom stereocenters. The van der Waals surface area contributed by atoms with E-state index in [1.165, 1.54) is 0 Å². The zero-order chi connectivity index (χ0) is 17.6. The Balaban J connectivity index is -0.0000000675. The zero-order valence-electron chi connectivity index (χ0n) is 11.2. The van der Waals surface area contributed by atoms with Crippen molar-refractivity contribution in [3.05, 3.63) is 0 Å². The summed E-state index contributed by atoms with van der Waals surface area (Å²) in [6.45, 7) is 0. The van der Waals surface area contributed by atoms with Gasteiger partial charge >= 0.3 is 16.8 Å². The van der Waals surface area contributed by atoms with Gasteiger partial charge in [-0.05, 0) is 0 Å². The third-order valence-electron chi connectivity index (χ3n) is 0.866. The first-order valence-electron chi connectivity index (χ1n) is 4.57. The Labute approximate surface area is 132 Å². The number of carbonyl (C=O) groups is 6. The van der Waals surface area contributed by atoms with Crippen molar-refractivity contribution in [2.75, 3.05) is 0 Å². The van der Waals surface area contributed by atoms with Crippen molar-refractivity contribution in [2.45, 2.75) is 19.3 Å². The Morgan fingerprint density at radius 1 is 0.391 bits per heavy atom. The van der Waals surface area contributed by atoms with Gasteiger partial charge in [0.05, 0.1) is 0 Å². The molecule has 0 fully saturated rings. The monoisotopic (exact) mass is 328 g/mol. The third kappa shape index (κ3) is 68.0. The number of rotatable bonds is 6. The number of carboxylic acid groups (broad SMARTS) is 6. The van der Waals surface area contributed by atoms with Crippen molar-refractivity contribution >= 4 is 52.6 Å². The number of carbonyl (C=O) groups excluding carboxylic acids is 6. The van der Waals surface area contributed by atoms with Crippen LogP contribution >= 0.6 is 0 Å². The van der Waals surface area contributed by atoms with Gasteiger partial charge in [-0.15, -0.1) is 0 Å². The van der Waals surface area contributed by atoms with E-state index in [-0.39, 0.29) is 16.8 Å². The second-order valence-corrected chi connectivity index (χ2v) is 2.76. The second kappa shape index (κ2) is 18.9. The van der Waals surface area contributed by atoms with Gasteiger partial charge < -0.3 is 59.4 Å². The van der Waals surface area contributed by atoms with E-state index in [4.69, 9.17) is 0 Å². The maximum absolute atomic E-state index is 9.28. The molecule has 0 aliphatic carbocycles. The van der Waals surface area contributed by atoms with Crippen LogP contribution in [0.15, 0.2) is 0 Å². The maximum Gasteiger partial charge on any atom is 3.00 e. The summed E-state index contributed by atoms with van der Waals surface area (Å²) in [5.74, 6) is -9.75. The van der Waals surface area contributed by atoms with Crippen LogP contribution in [0.1, 0.15) is 19.3 Å². The molecule has 0 rings (SSSR count). The van der Waals surface area contributed by atoms with Gasteiger partial charge in [0.15, 0.2) is 0 Å². The van der Waals surface area contributed by atoms with Crippen molar-refractivity contribution < 1.29 is 59.4 Å². The first-order valence-corrected chi connectivity index (χ1v) is 4.57. The number of hydrogen-bond acceptors (Lipinski definition) is 12. The molecule has 0 saturated heterocycles. The van der Waals surface area contributed by atoms with E-state index in [9.17, 15) is 59.4 Å². The molecule has 0 bridgehead atoms. The summed E-state index contributed by atoms with van der Waals surface area (Å²) in [5.41, 5.74) is 0. The fourth-order valence-corrected chi connectivity index (χ4v) is 0.354. The molecular formula is C9H6B2O12. The van der Waals surface area contributed by atoms with Gasteiger partial charge in [0.1, 0.15) is 0 Å². The van der Waals surface area contributed by atoms with Crippen LogP contribution in [0.25, 0.3) is 0 Å². The van der Waals surface area contributed by atoms with E-state index in [0.29, 0.717) is 0 Å². The van der Waals surface area contributed by atoms with E-state index < -0.39 is 55.1 Å². The number of carboxylic acids is 6. The minimum atomic E-state index is -1.63. The van der Waals surface area contributed by atoms with Gasteiger partial charge in [-0.2, -0.15) is 0 Å². The predicted molar refractivity (Wildman–Crippen MR) is 55.4 cm³/mol. The fraction of sp³-hybridized carbons (Fsp3) is 0.333. The fourth-order valence-electron chi connectivity index (χ4n) is 0.354. The van der Waals surface area contributed by atoms with E-state index >= 15 is 0 Å². The summed E-state index contributed by atoms with van der Waals surface area (Å²) in [4.78, 5) is 55.7. The van der Waals surface area contributed by atoms with Gasteiger partial charge in [0, 0.05) is 55.1 Å². The van der Waals surface area contributed by atoms with E-state index in [0.717, 1.165) is 0 Å². The predicted octanol–water partition coefficient (Wildman–Crippen LogP) is -10.1. The molecule has 12 nitrogen and oxygen atoms in total. The number of aliphatic carboxylic acids is 6. The van der Waals surface area contributed by atoms with Crippen LogP contribution in [0.5, 0.6) is 0 Å². The van der Waals surface area contributed by atoms with Crippen molar-refractivity contribution in [3.63, 3.8) is 0 Å². The van der Waals surface area contributed by atoms with Gasteiger partial charge in [0.2, 0.25) is 0 Å². The molecule has 0 aromatic carbocycles. The van der Waals surface area contributed by atoms with E-state index in [2.05, 4.69) is 0 Å². The topological polar surface area (TPSA) is 241 Å². The van der Waals surface area contributed by atoms with Crippen LogP contribution < -0.4 is 30.6 Å². The molecule has 0 heterocycles. The van der Waals surface area contributed by atoms with Crippen LogP contribution in [-0.2, 0) is 28.8 Å². The first kappa shape index (κ1) is 32.1. The van der Waals surface area contributed by atoms with Gasteiger partial charge in [-0.25, -0.2) is 0 Å². The van der Waals surface area contributed by atoms with E-state index in [1.54, 1.807) is 0 Å². The molecule has 0 aliphatic heterocycles. The summed E-state index contributed by atoms with van der Waals surface area (Å²) in [5, 5.41) is 55.7. The molecule has 0 radical (unpaired) electrons. The summed E-state index contributed by atoms with van der Waals surface area (Å²) in [7, 11) is 0. The smallest absolute Gasteiger partial charge is 0.550 e. The van der Waals surface area contributed by atoms with Gasteiger partial charge in [-0.3, -0.25) is 0 Å². The van der Waals surface area contributed by atoms with Gasteiger partial charge in [-0.1, -0.05) is 0 Å². The molecule has 120 valence electrons. The summed E-state index contributed by atoms with van der Waals surface area (Å²) in [6, 6.07) is 0. The average molecular weight is 328 g/mol. The molecule has 0 spiro atoms. The molecule has 0 aromatic rings. The molecule has 0 saturated carbocycles. The van der Waals surface area contributed by atoms with Crippen LogP contribution in [0.2, 0.25) is 0 Å². The van der Waals surface area contributed by atoms with Crippen molar-refractivity contribution in [2.24, 2.45) is 0 Å². The minimum absolute atomic E-state index is 0. The van der Waals surface area contributed by atoms with Crippen molar-refractivity contribution in [3.8, 4) is 0 Å². The van der Waals surface area contributed by atoms with Crippen LogP contribution in [0.4, 0.5) is 0 Å². The molecular weight excluding hydrogens is 322 g/mol. The molecule has 0 atom stereocenters. The van der Waals surface area contributed by atoms with E-state index in [1.807, 2.05) is 0 Å². The Bertz CT molecular complexity index is 321. The standard InChI is InChI=1S/3C3H4O4.2B/c3*4-2(5)1-3(6)7;;/h3*1H2,(H,4,5)(H,6,7);;/q;;;2*+3/p-6. The quantitative estimate of drug-likeness (QED) is 0.326. The van der Waals surface area contributed by atoms with Crippen molar-refractivity contribution in [1.29, 1.82) is 0 Å². The molecule has 0 amide bonds. The Morgan fingerprint density at radius 2 is 0.478 bits per heavy atom. The molecule has 23 heavy (non-hydrogen) atoms. The van der Waals surface area contributed by atoms with Gasteiger partial charge in [0.25, 0.3) is 0 Å². The molecule has 0 aliphatic rings.